The first kappa shape index (κ1) is 22.6. The molecule has 1 fully saturated rings. The standard InChI is InChI=1S/C21H33BrN2O2/c1-9-11-15(3)19(18(22)10-2)17(5)24-13-12-23(14-16(24)4)20(25)26-21(6,7)8/h9-11,16H,1,12-14H2,2-8H3/b15-11-,18-10+,19-17-. The fourth-order valence-electron chi connectivity index (χ4n) is 3.14. The van der Waals surface area contributed by atoms with E-state index in [-0.39, 0.29) is 12.1 Å². The normalized spacial score (nSPS) is 20.7. The number of carbonyl (C=O) groups excluding carboxylic acids is 1. The predicted molar refractivity (Wildman–Crippen MR) is 113 cm³/mol. The van der Waals surface area contributed by atoms with E-state index in [1.807, 2.05) is 39.8 Å². The van der Waals surface area contributed by atoms with Crippen LogP contribution < -0.4 is 0 Å². The number of amides is 1. The van der Waals surface area contributed by atoms with Gasteiger partial charge in [-0.15, -0.1) is 0 Å². The van der Waals surface area contributed by atoms with Crippen LogP contribution in [0.5, 0.6) is 0 Å². The van der Waals surface area contributed by atoms with Crippen LogP contribution in [0.3, 0.4) is 0 Å². The van der Waals surface area contributed by atoms with Crippen molar-refractivity contribution in [2.24, 2.45) is 0 Å². The molecule has 1 aliphatic heterocycles. The first-order valence-electron chi connectivity index (χ1n) is 9.09. The van der Waals surface area contributed by atoms with E-state index in [0.29, 0.717) is 13.1 Å². The third kappa shape index (κ3) is 6.04. The topological polar surface area (TPSA) is 32.8 Å². The average Bonchev–Trinajstić information content (AvgIpc) is 2.53. The molecule has 1 saturated heterocycles. The molecule has 0 N–H and O–H groups in total. The molecule has 146 valence electrons. The van der Waals surface area contributed by atoms with Crippen LogP contribution in [0, 0.1) is 0 Å². The van der Waals surface area contributed by atoms with Gasteiger partial charge in [-0.2, -0.15) is 0 Å². The molecule has 4 nitrogen and oxygen atoms in total. The van der Waals surface area contributed by atoms with Gasteiger partial charge in [0.2, 0.25) is 0 Å². The minimum Gasteiger partial charge on any atom is -0.444 e. The number of ether oxygens (including phenoxy) is 1. The summed E-state index contributed by atoms with van der Waals surface area (Å²) >= 11 is 3.69. The zero-order valence-electron chi connectivity index (χ0n) is 17.2. The van der Waals surface area contributed by atoms with Gasteiger partial charge in [0.1, 0.15) is 5.60 Å². The number of piperazine rings is 1. The zero-order chi connectivity index (χ0) is 20.1. The maximum absolute atomic E-state index is 12.4. The largest absolute Gasteiger partial charge is 0.444 e. The molecule has 0 aromatic heterocycles. The van der Waals surface area contributed by atoms with Crippen molar-refractivity contribution in [1.82, 2.24) is 9.80 Å². The van der Waals surface area contributed by atoms with E-state index in [0.717, 1.165) is 16.6 Å². The molecule has 26 heavy (non-hydrogen) atoms. The molecule has 0 aromatic rings. The van der Waals surface area contributed by atoms with Crippen LogP contribution in [-0.4, -0.2) is 47.2 Å². The van der Waals surface area contributed by atoms with Crippen molar-refractivity contribution < 1.29 is 9.53 Å². The third-order valence-electron chi connectivity index (χ3n) is 4.33. The van der Waals surface area contributed by atoms with Crippen LogP contribution in [0.15, 0.2) is 46.1 Å². The second-order valence-electron chi connectivity index (χ2n) is 7.65. The highest BCUT2D eigenvalue weighted by atomic mass is 79.9. The maximum atomic E-state index is 12.4. The van der Waals surface area contributed by atoms with Gasteiger partial charge in [0.15, 0.2) is 0 Å². The highest BCUT2D eigenvalue weighted by Gasteiger charge is 2.30. The van der Waals surface area contributed by atoms with Gasteiger partial charge in [0.25, 0.3) is 0 Å². The Morgan fingerprint density at radius 1 is 1.27 bits per heavy atom. The summed E-state index contributed by atoms with van der Waals surface area (Å²) < 4.78 is 6.58. The molecule has 0 bridgehead atoms. The molecule has 5 heteroatoms. The van der Waals surface area contributed by atoms with Crippen molar-refractivity contribution >= 4 is 22.0 Å². The molecule has 0 spiro atoms. The van der Waals surface area contributed by atoms with Crippen LogP contribution in [0.1, 0.15) is 48.5 Å². The summed E-state index contributed by atoms with van der Waals surface area (Å²) in [5.41, 5.74) is 3.06. The van der Waals surface area contributed by atoms with Gasteiger partial charge in [-0.05, 0) is 54.0 Å². The van der Waals surface area contributed by atoms with Crippen molar-refractivity contribution in [3.8, 4) is 0 Å². The molecule has 1 heterocycles. The highest BCUT2D eigenvalue weighted by Crippen LogP contribution is 2.31. The highest BCUT2D eigenvalue weighted by molar-refractivity contribution is 9.12. The Balaban J connectivity index is 3.05. The molecule has 1 aliphatic rings. The Hall–Kier alpha value is -1.49. The van der Waals surface area contributed by atoms with E-state index < -0.39 is 5.60 Å². The minimum absolute atomic E-state index is 0.208. The van der Waals surface area contributed by atoms with E-state index >= 15 is 0 Å². The van der Waals surface area contributed by atoms with E-state index in [9.17, 15) is 4.79 Å². The summed E-state index contributed by atoms with van der Waals surface area (Å²) in [5.74, 6) is 0. The number of carbonyl (C=O) groups is 1. The lowest BCUT2D eigenvalue weighted by atomic mass is 10.0. The number of allylic oxidation sites excluding steroid dienone is 7. The zero-order valence-corrected chi connectivity index (χ0v) is 18.8. The molecule has 1 rings (SSSR count). The summed E-state index contributed by atoms with van der Waals surface area (Å²) in [7, 11) is 0. The molecule has 0 radical (unpaired) electrons. The fraction of sp³-hybridized carbons (Fsp3) is 0.571. The van der Waals surface area contributed by atoms with Gasteiger partial charge in [0, 0.05) is 41.4 Å². The van der Waals surface area contributed by atoms with Crippen molar-refractivity contribution in [1.29, 1.82) is 0 Å². The van der Waals surface area contributed by atoms with Crippen LogP contribution >= 0.6 is 15.9 Å². The van der Waals surface area contributed by atoms with Crippen molar-refractivity contribution in [3.63, 3.8) is 0 Å². The van der Waals surface area contributed by atoms with E-state index in [1.54, 1.807) is 4.90 Å². The summed E-state index contributed by atoms with van der Waals surface area (Å²) in [5, 5.41) is 0. The molecule has 0 aromatic carbocycles. The van der Waals surface area contributed by atoms with Crippen LogP contribution in [0.4, 0.5) is 4.79 Å². The lowest BCUT2D eigenvalue weighted by molar-refractivity contribution is 0.0101. The van der Waals surface area contributed by atoms with E-state index in [2.05, 4.69) is 54.3 Å². The first-order valence-corrected chi connectivity index (χ1v) is 9.88. The maximum Gasteiger partial charge on any atom is 0.410 e. The van der Waals surface area contributed by atoms with Gasteiger partial charge in [-0.3, -0.25) is 0 Å². The SMILES string of the molecule is C=C\C=C(C)/C(=C(\C)N1CCN(C(=O)OC(C)(C)C)CC1C)C(/Br)=C\C. The Labute approximate surface area is 167 Å². The fourth-order valence-corrected chi connectivity index (χ4v) is 3.74. The Kier molecular flexibility index (Phi) is 8.19. The smallest absolute Gasteiger partial charge is 0.410 e. The molecular formula is C21H33BrN2O2. The van der Waals surface area contributed by atoms with Crippen LogP contribution in [0.25, 0.3) is 0 Å². The Morgan fingerprint density at radius 3 is 2.35 bits per heavy atom. The van der Waals surface area contributed by atoms with Crippen LogP contribution in [0.2, 0.25) is 0 Å². The summed E-state index contributed by atoms with van der Waals surface area (Å²) in [6.07, 6.45) is 5.65. The summed E-state index contributed by atoms with van der Waals surface area (Å²) in [6, 6.07) is 0.208. The lowest BCUT2D eigenvalue weighted by Gasteiger charge is -2.42. The number of rotatable bonds is 4. The lowest BCUT2D eigenvalue weighted by Crippen LogP contribution is -2.53. The third-order valence-corrected chi connectivity index (χ3v) is 5.18. The van der Waals surface area contributed by atoms with Gasteiger partial charge >= 0.3 is 6.09 Å². The second kappa shape index (κ2) is 9.45. The van der Waals surface area contributed by atoms with E-state index in [4.69, 9.17) is 4.74 Å². The molecule has 0 aliphatic carbocycles. The number of hydrogen-bond donors (Lipinski definition) is 0. The quantitative estimate of drug-likeness (QED) is 0.547. The van der Waals surface area contributed by atoms with Gasteiger partial charge < -0.3 is 14.5 Å². The van der Waals surface area contributed by atoms with Crippen molar-refractivity contribution in [2.45, 2.75) is 60.1 Å². The number of hydrogen-bond acceptors (Lipinski definition) is 3. The monoisotopic (exact) mass is 424 g/mol. The van der Waals surface area contributed by atoms with Gasteiger partial charge in [0.05, 0.1) is 0 Å². The summed E-state index contributed by atoms with van der Waals surface area (Å²) in [6.45, 7) is 20.0. The summed E-state index contributed by atoms with van der Waals surface area (Å²) in [4.78, 5) is 16.5. The number of halogens is 1. The van der Waals surface area contributed by atoms with Crippen molar-refractivity contribution in [2.75, 3.05) is 19.6 Å². The minimum atomic E-state index is -0.468. The van der Waals surface area contributed by atoms with Crippen molar-refractivity contribution in [3.05, 3.63) is 46.1 Å². The average molecular weight is 425 g/mol. The predicted octanol–water partition coefficient (Wildman–Crippen LogP) is 5.63. The molecular weight excluding hydrogens is 392 g/mol. The van der Waals surface area contributed by atoms with E-state index in [1.165, 1.54) is 11.3 Å². The van der Waals surface area contributed by atoms with Gasteiger partial charge in [-0.1, -0.05) is 40.7 Å². The van der Waals surface area contributed by atoms with Crippen LogP contribution in [-0.2, 0) is 4.74 Å². The first-order chi connectivity index (χ1) is 12.0. The Morgan fingerprint density at radius 2 is 1.88 bits per heavy atom. The molecule has 1 unspecified atom stereocenters. The number of nitrogens with zero attached hydrogens (tertiary/aromatic N) is 2. The second-order valence-corrected chi connectivity index (χ2v) is 8.51. The molecule has 1 atom stereocenters. The molecule has 1 amide bonds. The Bertz CT molecular complexity index is 626. The molecule has 0 saturated carbocycles. The van der Waals surface area contributed by atoms with Gasteiger partial charge in [-0.25, -0.2) is 4.79 Å².